The van der Waals surface area contributed by atoms with Crippen LogP contribution in [-0.4, -0.2) is 49.1 Å². The van der Waals surface area contributed by atoms with Gasteiger partial charge < -0.3 is 20.1 Å². The first-order chi connectivity index (χ1) is 11.1. The fraction of sp³-hybridized carbons (Fsp3) is 0.294. The first-order valence-electron chi connectivity index (χ1n) is 7.44. The Morgan fingerprint density at radius 3 is 2.78 bits per heavy atom. The third-order valence-electron chi connectivity index (χ3n) is 3.82. The number of ether oxygens (including phenoxy) is 2. The summed E-state index contributed by atoms with van der Waals surface area (Å²) in [6, 6.07) is 13.6. The van der Waals surface area contributed by atoms with Gasteiger partial charge in [0.25, 0.3) is 5.91 Å². The van der Waals surface area contributed by atoms with Gasteiger partial charge in [-0.2, -0.15) is 0 Å². The molecule has 3 rings (SSSR count). The van der Waals surface area contributed by atoms with Gasteiger partial charge in [0.2, 0.25) is 5.91 Å². The van der Waals surface area contributed by atoms with Crippen molar-refractivity contribution in [3.8, 4) is 5.75 Å². The standard InChI is InChI=1S/C17H18N2O4/c18-17(21)15-10-19(7-8-22-15)16(20)11-23-14-6-5-12-3-1-2-4-13(12)9-14/h1-6,9,15H,7-8,10-11H2,(H2,18,21)/t15-/m1/s1. The third kappa shape index (κ3) is 3.60. The van der Waals surface area contributed by atoms with Crippen molar-refractivity contribution in [1.82, 2.24) is 4.90 Å². The summed E-state index contributed by atoms with van der Waals surface area (Å²) in [6.45, 7) is 0.831. The van der Waals surface area contributed by atoms with E-state index in [1.165, 1.54) is 0 Å². The molecule has 2 N–H and O–H groups in total. The van der Waals surface area contributed by atoms with Crippen LogP contribution >= 0.6 is 0 Å². The molecule has 0 spiro atoms. The van der Waals surface area contributed by atoms with Crippen molar-refractivity contribution < 1.29 is 19.1 Å². The van der Waals surface area contributed by atoms with Crippen molar-refractivity contribution >= 4 is 22.6 Å². The molecule has 1 aliphatic rings. The van der Waals surface area contributed by atoms with Gasteiger partial charge in [0.15, 0.2) is 12.7 Å². The molecule has 1 saturated heterocycles. The van der Waals surface area contributed by atoms with Gasteiger partial charge in [-0.05, 0) is 22.9 Å². The van der Waals surface area contributed by atoms with E-state index < -0.39 is 12.0 Å². The molecule has 2 amide bonds. The molecule has 1 fully saturated rings. The SMILES string of the molecule is NC(=O)[C@H]1CN(C(=O)COc2ccc3ccccc3c2)CCO1. The summed E-state index contributed by atoms with van der Waals surface area (Å²) in [5.41, 5.74) is 5.21. The monoisotopic (exact) mass is 314 g/mol. The summed E-state index contributed by atoms with van der Waals surface area (Å²) in [5.74, 6) is -0.109. The van der Waals surface area contributed by atoms with E-state index in [0.717, 1.165) is 10.8 Å². The topological polar surface area (TPSA) is 81.9 Å². The number of hydrogen-bond acceptors (Lipinski definition) is 4. The van der Waals surface area contributed by atoms with Crippen LogP contribution in [0.4, 0.5) is 0 Å². The summed E-state index contributed by atoms with van der Waals surface area (Å²) in [4.78, 5) is 24.9. The first-order valence-corrected chi connectivity index (χ1v) is 7.44. The van der Waals surface area contributed by atoms with Crippen molar-refractivity contribution in [2.45, 2.75) is 6.10 Å². The Balaban J connectivity index is 1.60. The molecule has 2 aromatic rings. The zero-order valence-corrected chi connectivity index (χ0v) is 12.6. The zero-order chi connectivity index (χ0) is 16.2. The number of nitrogens with two attached hydrogens (primary N) is 1. The van der Waals surface area contributed by atoms with Crippen LogP contribution in [0.3, 0.4) is 0 Å². The largest absolute Gasteiger partial charge is 0.484 e. The van der Waals surface area contributed by atoms with Gasteiger partial charge in [0.1, 0.15) is 5.75 Å². The maximum atomic E-state index is 12.2. The first kappa shape index (κ1) is 15.3. The molecule has 0 unspecified atom stereocenters. The molecule has 1 heterocycles. The Hall–Kier alpha value is -2.60. The maximum Gasteiger partial charge on any atom is 0.260 e. The minimum atomic E-state index is -0.742. The molecule has 1 atom stereocenters. The quantitative estimate of drug-likeness (QED) is 0.910. The van der Waals surface area contributed by atoms with Crippen molar-refractivity contribution in [3.63, 3.8) is 0 Å². The van der Waals surface area contributed by atoms with Gasteiger partial charge in [-0.1, -0.05) is 30.3 Å². The van der Waals surface area contributed by atoms with Gasteiger partial charge in [0, 0.05) is 6.54 Å². The van der Waals surface area contributed by atoms with Crippen LogP contribution in [0.25, 0.3) is 10.8 Å². The fourth-order valence-corrected chi connectivity index (χ4v) is 2.54. The predicted molar refractivity (Wildman–Crippen MR) is 85.0 cm³/mol. The highest BCUT2D eigenvalue weighted by molar-refractivity contribution is 5.84. The lowest BCUT2D eigenvalue weighted by atomic mass is 10.1. The average molecular weight is 314 g/mol. The Kier molecular flexibility index (Phi) is 4.43. The fourth-order valence-electron chi connectivity index (χ4n) is 2.54. The summed E-state index contributed by atoms with van der Waals surface area (Å²) in [5, 5.41) is 2.17. The zero-order valence-electron chi connectivity index (χ0n) is 12.6. The summed E-state index contributed by atoms with van der Waals surface area (Å²) in [7, 11) is 0. The normalized spacial score (nSPS) is 17.9. The molecule has 6 nitrogen and oxygen atoms in total. The molecular weight excluding hydrogens is 296 g/mol. The average Bonchev–Trinajstić information content (AvgIpc) is 2.59. The van der Waals surface area contributed by atoms with E-state index in [1.807, 2.05) is 42.5 Å². The number of primary amides is 1. The van der Waals surface area contributed by atoms with Gasteiger partial charge in [-0.25, -0.2) is 0 Å². The van der Waals surface area contributed by atoms with E-state index >= 15 is 0 Å². The van der Waals surface area contributed by atoms with Crippen LogP contribution in [0.2, 0.25) is 0 Å². The van der Waals surface area contributed by atoms with Crippen LogP contribution in [-0.2, 0) is 14.3 Å². The molecule has 0 saturated carbocycles. The Morgan fingerprint density at radius 2 is 2.00 bits per heavy atom. The third-order valence-corrected chi connectivity index (χ3v) is 3.82. The molecule has 120 valence electrons. The van der Waals surface area contributed by atoms with Crippen LogP contribution in [0.1, 0.15) is 0 Å². The van der Waals surface area contributed by atoms with E-state index in [0.29, 0.717) is 18.9 Å². The number of rotatable bonds is 4. The molecular formula is C17H18N2O4. The number of carbonyl (C=O) groups excluding carboxylic acids is 2. The van der Waals surface area contributed by atoms with Crippen molar-refractivity contribution in [1.29, 1.82) is 0 Å². The Labute approximate surface area is 133 Å². The van der Waals surface area contributed by atoms with Gasteiger partial charge in [0.05, 0.1) is 13.2 Å². The maximum absolute atomic E-state index is 12.2. The van der Waals surface area contributed by atoms with Crippen LogP contribution in [0.15, 0.2) is 42.5 Å². The second kappa shape index (κ2) is 6.66. The van der Waals surface area contributed by atoms with E-state index in [9.17, 15) is 9.59 Å². The number of fused-ring (bicyclic) bond motifs is 1. The van der Waals surface area contributed by atoms with E-state index in [1.54, 1.807) is 4.90 Å². The Bertz CT molecular complexity index is 731. The lowest BCUT2D eigenvalue weighted by Crippen LogP contribution is -2.51. The van der Waals surface area contributed by atoms with Crippen LogP contribution in [0, 0.1) is 0 Å². The second-order valence-corrected chi connectivity index (χ2v) is 5.40. The second-order valence-electron chi connectivity index (χ2n) is 5.40. The number of hydrogen-bond donors (Lipinski definition) is 1. The minimum absolute atomic E-state index is 0.0795. The molecule has 0 aliphatic carbocycles. The highest BCUT2D eigenvalue weighted by Gasteiger charge is 2.27. The van der Waals surface area contributed by atoms with Gasteiger partial charge in [-0.3, -0.25) is 9.59 Å². The summed E-state index contributed by atoms with van der Waals surface area (Å²) in [6.07, 6.45) is -0.742. The van der Waals surface area contributed by atoms with Crippen LogP contribution in [0.5, 0.6) is 5.75 Å². The molecule has 0 bridgehead atoms. The number of benzene rings is 2. The summed E-state index contributed by atoms with van der Waals surface area (Å²) >= 11 is 0. The number of nitrogens with zero attached hydrogens (tertiary/aromatic N) is 1. The van der Waals surface area contributed by atoms with E-state index in [2.05, 4.69) is 0 Å². The highest BCUT2D eigenvalue weighted by Crippen LogP contribution is 2.20. The highest BCUT2D eigenvalue weighted by atomic mass is 16.5. The van der Waals surface area contributed by atoms with E-state index in [4.69, 9.17) is 15.2 Å². The van der Waals surface area contributed by atoms with Gasteiger partial charge in [-0.15, -0.1) is 0 Å². The molecule has 6 heteroatoms. The number of morpholine rings is 1. The van der Waals surface area contributed by atoms with Gasteiger partial charge >= 0.3 is 0 Å². The lowest BCUT2D eigenvalue weighted by molar-refractivity contribution is -0.146. The lowest BCUT2D eigenvalue weighted by Gasteiger charge is -2.31. The molecule has 0 radical (unpaired) electrons. The number of carbonyl (C=O) groups is 2. The smallest absolute Gasteiger partial charge is 0.260 e. The molecule has 0 aromatic heterocycles. The molecule has 2 aromatic carbocycles. The summed E-state index contributed by atoms with van der Waals surface area (Å²) < 4.78 is 10.8. The van der Waals surface area contributed by atoms with Crippen molar-refractivity contribution in [2.24, 2.45) is 5.73 Å². The predicted octanol–water partition coefficient (Wildman–Crippen LogP) is 0.931. The van der Waals surface area contributed by atoms with Crippen LogP contribution < -0.4 is 10.5 Å². The minimum Gasteiger partial charge on any atom is -0.484 e. The van der Waals surface area contributed by atoms with Crippen molar-refractivity contribution in [2.75, 3.05) is 26.3 Å². The Morgan fingerprint density at radius 1 is 1.22 bits per heavy atom. The van der Waals surface area contributed by atoms with E-state index in [-0.39, 0.29) is 19.1 Å². The molecule has 23 heavy (non-hydrogen) atoms. The number of amides is 2. The van der Waals surface area contributed by atoms with Crippen molar-refractivity contribution in [3.05, 3.63) is 42.5 Å². The molecule has 1 aliphatic heterocycles.